The smallest absolute Gasteiger partial charge is 0.245 e. The van der Waals surface area contributed by atoms with Crippen LogP contribution in [-0.4, -0.2) is 11.2 Å². The second-order valence-corrected chi connectivity index (χ2v) is 4.28. The normalized spacial score (nSPS) is 13.0. The zero-order valence-corrected chi connectivity index (χ0v) is 9.28. The molecule has 0 aliphatic rings. The lowest BCUT2D eigenvalue weighted by Gasteiger charge is -2.27. The third-order valence-electron chi connectivity index (χ3n) is 2.06. The lowest BCUT2D eigenvalue weighted by atomic mass is 9.88. The van der Waals surface area contributed by atoms with Crippen molar-refractivity contribution in [3.8, 4) is 0 Å². The lowest BCUT2D eigenvalue weighted by Crippen LogP contribution is -2.37. The Kier molecular flexibility index (Phi) is 2.90. The van der Waals surface area contributed by atoms with Crippen molar-refractivity contribution in [1.29, 1.82) is 0 Å². The zero-order chi connectivity index (χ0) is 11.0. The number of nitrogens with zero attached hydrogens (tertiary/aromatic N) is 1. The van der Waals surface area contributed by atoms with Crippen LogP contribution < -0.4 is 0 Å². The number of aromatic nitrogens is 1. The molecule has 0 saturated heterocycles. The van der Waals surface area contributed by atoms with Crippen LogP contribution in [0, 0.1) is 0 Å². The van der Waals surface area contributed by atoms with Crippen molar-refractivity contribution < 1.29 is 13.2 Å². The Balaban J connectivity index is 3.16. The molecule has 5 heteroatoms. The quantitative estimate of drug-likeness (QED) is 0.708. The van der Waals surface area contributed by atoms with Crippen molar-refractivity contribution in [3.63, 3.8) is 0 Å². The van der Waals surface area contributed by atoms with Gasteiger partial charge in [0.05, 0.1) is 5.69 Å². The third-order valence-corrected chi connectivity index (χ3v) is 2.51. The highest BCUT2D eigenvalue weighted by Gasteiger charge is 2.49. The molecule has 14 heavy (non-hydrogen) atoms. The van der Waals surface area contributed by atoms with E-state index in [1.807, 2.05) is 0 Å². The van der Waals surface area contributed by atoms with Crippen LogP contribution in [0.15, 0.2) is 22.8 Å². The maximum atomic E-state index is 12.6. The fourth-order valence-corrected chi connectivity index (χ4v) is 1.25. The summed E-state index contributed by atoms with van der Waals surface area (Å²) in [4.78, 5) is 3.81. The van der Waals surface area contributed by atoms with Gasteiger partial charge in [0.1, 0.15) is 10.0 Å². The van der Waals surface area contributed by atoms with Gasteiger partial charge in [0, 0.05) is 0 Å². The SMILES string of the molecule is CC(C)(c1cccc(Br)n1)C(F)(F)F. The molecule has 0 spiro atoms. The molecule has 1 aromatic rings. The van der Waals surface area contributed by atoms with E-state index in [1.165, 1.54) is 6.07 Å². The summed E-state index contributed by atoms with van der Waals surface area (Å²) in [5.41, 5.74) is -1.91. The van der Waals surface area contributed by atoms with E-state index >= 15 is 0 Å². The van der Waals surface area contributed by atoms with E-state index in [2.05, 4.69) is 20.9 Å². The molecule has 1 heterocycles. The first-order valence-electron chi connectivity index (χ1n) is 3.95. The van der Waals surface area contributed by atoms with Crippen LogP contribution >= 0.6 is 15.9 Å². The predicted molar refractivity (Wildman–Crippen MR) is 51.0 cm³/mol. The lowest BCUT2D eigenvalue weighted by molar-refractivity contribution is -0.181. The second kappa shape index (κ2) is 3.53. The minimum absolute atomic E-state index is 0.0133. The summed E-state index contributed by atoms with van der Waals surface area (Å²) >= 11 is 3.04. The zero-order valence-electron chi connectivity index (χ0n) is 7.69. The van der Waals surface area contributed by atoms with Crippen LogP contribution in [0.1, 0.15) is 19.5 Å². The average molecular weight is 268 g/mol. The van der Waals surface area contributed by atoms with Crippen LogP contribution in [0.25, 0.3) is 0 Å². The first kappa shape index (κ1) is 11.5. The molecule has 0 saturated carbocycles. The first-order chi connectivity index (χ1) is 6.25. The molecule has 78 valence electrons. The van der Waals surface area contributed by atoms with Gasteiger partial charge in [-0.05, 0) is 41.9 Å². The van der Waals surface area contributed by atoms with Gasteiger partial charge in [-0.1, -0.05) is 6.07 Å². The fourth-order valence-electron chi connectivity index (χ4n) is 0.902. The molecule has 1 rings (SSSR count). The predicted octanol–water partition coefficient (Wildman–Crippen LogP) is 3.68. The first-order valence-corrected chi connectivity index (χ1v) is 4.74. The van der Waals surface area contributed by atoms with E-state index < -0.39 is 11.6 Å². The Morgan fingerprint density at radius 2 is 1.79 bits per heavy atom. The topological polar surface area (TPSA) is 12.9 Å². The summed E-state index contributed by atoms with van der Waals surface area (Å²) < 4.78 is 38.2. The highest BCUT2D eigenvalue weighted by atomic mass is 79.9. The molecule has 1 aromatic heterocycles. The Labute approximate surface area is 88.5 Å². The van der Waals surface area contributed by atoms with Crippen molar-refractivity contribution >= 4 is 15.9 Å². The Morgan fingerprint density at radius 3 is 2.21 bits per heavy atom. The molecule has 0 aliphatic heterocycles. The van der Waals surface area contributed by atoms with Gasteiger partial charge in [0.15, 0.2) is 0 Å². The van der Waals surface area contributed by atoms with Crippen LogP contribution in [0.4, 0.5) is 13.2 Å². The summed E-state index contributed by atoms with van der Waals surface area (Å²) in [6.07, 6.45) is -4.29. The average Bonchev–Trinajstić information content (AvgIpc) is 2.02. The molecule has 0 unspecified atom stereocenters. The van der Waals surface area contributed by atoms with Gasteiger partial charge in [0.2, 0.25) is 0 Å². The number of hydrogen-bond donors (Lipinski definition) is 0. The summed E-state index contributed by atoms with van der Waals surface area (Å²) in [7, 11) is 0. The van der Waals surface area contributed by atoms with Gasteiger partial charge in [-0.15, -0.1) is 0 Å². The summed E-state index contributed by atoms with van der Waals surface area (Å²) in [6.45, 7) is 2.23. The van der Waals surface area contributed by atoms with Crippen LogP contribution in [0.3, 0.4) is 0 Å². The van der Waals surface area contributed by atoms with Crippen LogP contribution in [-0.2, 0) is 5.41 Å². The Bertz CT molecular complexity index is 333. The molecule has 1 nitrogen and oxygen atoms in total. The van der Waals surface area contributed by atoms with Gasteiger partial charge in [0.25, 0.3) is 0 Å². The van der Waals surface area contributed by atoms with Crippen molar-refractivity contribution in [2.24, 2.45) is 0 Å². The van der Waals surface area contributed by atoms with E-state index in [-0.39, 0.29) is 5.69 Å². The Morgan fingerprint density at radius 1 is 1.21 bits per heavy atom. The highest BCUT2D eigenvalue weighted by Crippen LogP contribution is 2.39. The van der Waals surface area contributed by atoms with Gasteiger partial charge in [-0.25, -0.2) is 4.98 Å². The molecule has 0 atom stereocenters. The molecular weight excluding hydrogens is 259 g/mol. The van der Waals surface area contributed by atoms with E-state index in [0.717, 1.165) is 13.8 Å². The van der Waals surface area contributed by atoms with Crippen molar-refractivity contribution in [2.45, 2.75) is 25.4 Å². The minimum atomic E-state index is -4.29. The largest absolute Gasteiger partial charge is 0.399 e. The molecule has 0 fully saturated rings. The highest BCUT2D eigenvalue weighted by molar-refractivity contribution is 9.10. The number of pyridine rings is 1. The third kappa shape index (κ3) is 2.08. The second-order valence-electron chi connectivity index (χ2n) is 3.47. The molecule has 0 aromatic carbocycles. The van der Waals surface area contributed by atoms with Gasteiger partial charge in [-0.3, -0.25) is 0 Å². The molecule has 0 radical (unpaired) electrons. The monoisotopic (exact) mass is 267 g/mol. The van der Waals surface area contributed by atoms with E-state index in [1.54, 1.807) is 12.1 Å². The maximum Gasteiger partial charge on any atom is 0.399 e. The van der Waals surface area contributed by atoms with Gasteiger partial charge in [-0.2, -0.15) is 13.2 Å². The van der Waals surface area contributed by atoms with Crippen molar-refractivity contribution in [3.05, 3.63) is 28.5 Å². The summed E-state index contributed by atoms with van der Waals surface area (Å²) in [5, 5.41) is 0. The molecule has 0 amide bonds. The fraction of sp³-hybridized carbons (Fsp3) is 0.444. The minimum Gasteiger partial charge on any atom is -0.245 e. The molecule has 0 bridgehead atoms. The van der Waals surface area contributed by atoms with Crippen molar-refractivity contribution in [2.75, 3.05) is 0 Å². The number of hydrogen-bond acceptors (Lipinski definition) is 1. The number of alkyl halides is 3. The van der Waals surface area contributed by atoms with E-state index in [0.29, 0.717) is 4.60 Å². The van der Waals surface area contributed by atoms with Crippen LogP contribution in [0.5, 0.6) is 0 Å². The van der Waals surface area contributed by atoms with E-state index in [4.69, 9.17) is 0 Å². The molecular formula is C9H9BrF3N. The molecule has 0 N–H and O–H groups in total. The van der Waals surface area contributed by atoms with Gasteiger partial charge >= 0.3 is 6.18 Å². The van der Waals surface area contributed by atoms with Crippen molar-refractivity contribution in [1.82, 2.24) is 4.98 Å². The maximum absolute atomic E-state index is 12.6. The summed E-state index contributed by atoms with van der Waals surface area (Å²) in [6, 6.07) is 4.51. The van der Waals surface area contributed by atoms with Gasteiger partial charge < -0.3 is 0 Å². The summed E-state index contributed by atoms with van der Waals surface area (Å²) in [5.74, 6) is 0. The number of halogens is 4. The number of rotatable bonds is 1. The Hall–Kier alpha value is -0.580. The molecule has 0 aliphatic carbocycles. The van der Waals surface area contributed by atoms with E-state index in [9.17, 15) is 13.2 Å². The van der Waals surface area contributed by atoms with Crippen LogP contribution in [0.2, 0.25) is 0 Å². The standard InChI is InChI=1S/C9H9BrF3N/c1-8(2,9(11,12)13)6-4-3-5-7(10)14-6/h3-5H,1-2H3.